The standard InChI is InChI=1S/C22H26FN3O2/c1-15-5-8-17(9-6-15)24(2)21(27)11-13-26-20-14-16(23)7-10-18(20)25-12-3-4-19(25)22(26)28/h3-4,7,10,12,14-15,17H,5-6,8-9,11,13H2,1-2H3. The van der Waals surface area contributed by atoms with Crippen LogP contribution in [0.15, 0.2) is 41.3 Å². The van der Waals surface area contributed by atoms with Gasteiger partial charge in [-0.1, -0.05) is 6.92 Å². The van der Waals surface area contributed by atoms with Gasteiger partial charge in [0.2, 0.25) is 5.91 Å². The number of hydrogen-bond acceptors (Lipinski definition) is 2. The molecule has 0 aliphatic heterocycles. The van der Waals surface area contributed by atoms with Gasteiger partial charge in [-0.2, -0.15) is 0 Å². The van der Waals surface area contributed by atoms with Crippen LogP contribution in [0.25, 0.3) is 16.6 Å². The molecule has 148 valence electrons. The fourth-order valence-corrected chi connectivity index (χ4v) is 4.37. The summed E-state index contributed by atoms with van der Waals surface area (Å²) in [5.74, 6) is 0.367. The van der Waals surface area contributed by atoms with Gasteiger partial charge >= 0.3 is 0 Å². The predicted octanol–water partition coefficient (Wildman–Crippen LogP) is 3.82. The minimum Gasteiger partial charge on any atom is -0.343 e. The quantitative estimate of drug-likeness (QED) is 0.688. The Hall–Kier alpha value is -2.63. The van der Waals surface area contributed by atoms with Crippen molar-refractivity contribution in [2.24, 2.45) is 5.92 Å². The average molecular weight is 383 g/mol. The number of nitrogens with zero attached hydrogens (tertiary/aromatic N) is 3. The summed E-state index contributed by atoms with van der Waals surface area (Å²) < 4.78 is 17.2. The van der Waals surface area contributed by atoms with Crippen molar-refractivity contribution >= 4 is 22.5 Å². The van der Waals surface area contributed by atoms with Gasteiger partial charge in [0, 0.05) is 32.3 Å². The molecule has 28 heavy (non-hydrogen) atoms. The van der Waals surface area contributed by atoms with E-state index in [1.165, 1.54) is 16.7 Å². The van der Waals surface area contributed by atoms with Crippen molar-refractivity contribution in [3.8, 4) is 0 Å². The molecule has 6 heteroatoms. The Morgan fingerprint density at radius 1 is 1.14 bits per heavy atom. The lowest BCUT2D eigenvalue weighted by Crippen LogP contribution is -2.40. The maximum atomic E-state index is 13.9. The van der Waals surface area contributed by atoms with Gasteiger partial charge in [0.25, 0.3) is 5.56 Å². The van der Waals surface area contributed by atoms with Crippen LogP contribution >= 0.6 is 0 Å². The third-order valence-corrected chi connectivity index (χ3v) is 6.18. The molecule has 3 aromatic rings. The molecule has 2 aromatic heterocycles. The zero-order chi connectivity index (χ0) is 19.8. The van der Waals surface area contributed by atoms with Crippen molar-refractivity contribution in [1.82, 2.24) is 13.9 Å². The normalized spacial score (nSPS) is 20.0. The lowest BCUT2D eigenvalue weighted by molar-refractivity contribution is -0.132. The SMILES string of the molecule is CC1CCC(N(C)C(=O)CCn2c(=O)c3cccn3c3ccc(F)cc32)CC1. The summed E-state index contributed by atoms with van der Waals surface area (Å²) >= 11 is 0. The second-order valence-corrected chi connectivity index (χ2v) is 8.02. The van der Waals surface area contributed by atoms with Gasteiger partial charge in [0.05, 0.1) is 11.0 Å². The zero-order valence-corrected chi connectivity index (χ0v) is 16.4. The largest absolute Gasteiger partial charge is 0.343 e. The highest BCUT2D eigenvalue weighted by Crippen LogP contribution is 2.27. The molecule has 0 unspecified atom stereocenters. The van der Waals surface area contributed by atoms with Crippen LogP contribution in [0.3, 0.4) is 0 Å². The van der Waals surface area contributed by atoms with Crippen LogP contribution in [0.4, 0.5) is 4.39 Å². The van der Waals surface area contributed by atoms with Crippen LogP contribution in [-0.2, 0) is 11.3 Å². The molecule has 0 atom stereocenters. The fraction of sp³-hybridized carbons (Fsp3) is 0.455. The molecular formula is C22H26FN3O2. The first-order valence-corrected chi connectivity index (χ1v) is 10.0. The number of halogens is 1. The maximum Gasteiger partial charge on any atom is 0.275 e. The van der Waals surface area contributed by atoms with Gasteiger partial charge in [-0.05, 0) is 61.9 Å². The van der Waals surface area contributed by atoms with Gasteiger partial charge in [0.15, 0.2) is 0 Å². The number of aryl methyl sites for hydroxylation is 1. The van der Waals surface area contributed by atoms with E-state index < -0.39 is 5.82 Å². The van der Waals surface area contributed by atoms with E-state index in [0.717, 1.165) is 37.1 Å². The molecule has 0 saturated heterocycles. The Morgan fingerprint density at radius 2 is 1.89 bits per heavy atom. The third kappa shape index (κ3) is 3.32. The lowest BCUT2D eigenvalue weighted by atomic mass is 9.86. The van der Waals surface area contributed by atoms with Gasteiger partial charge in [-0.3, -0.25) is 9.59 Å². The van der Waals surface area contributed by atoms with E-state index in [1.807, 2.05) is 11.9 Å². The minimum atomic E-state index is -0.396. The van der Waals surface area contributed by atoms with E-state index in [2.05, 4.69) is 6.92 Å². The molecule has 1 saturated carbocycles. The first-order chi connectivity index (χ1) is 13.5. The van der Waals surface area contributed by atoms with E-state index in [-0.39, 0.29) is 30.5 Å². The molecule has 5 nitrogen and oxygen atoms in total. The van der Waals surface area contributed by atoms with Crippen LogP contribution in [0.2, 0.25) is 0 Å². The molecule has 0 bridgehead atoms. The Labute approximate surface area is 163 Å². The summed E-state index contributed by atoms with van der Waals surface area (Å²) in [6.45, 7) is 2.50. The Balaban J connectivity index is 1.60. The summed E-state index contributed by atoms with van der Waals surface area (Å²) in [6.07, 6.45) is 6.39. The molecule has 2 heterocycles. The van der Waals surface area contributed by atoms with Gasteiger partial charge < -0.3 is 13.9 Å². The van der Waals surface area contributed by atoms with Crippen molar-refractivity contribution in [1.29, 1.82) is 0 Å². The summed E-state index contributed by atoms with van der Waals surface area (Å²) in [4.78, 5) is 27.5. The number of aromatic nitrogens is 2. The van der Waals surface area contributed by atoms with Crippen LogP contribution < -0.4 is 5.56 Å². The minimum absolute atomic E-state index is 0.0336. The second kappa shape index (κ2) is 7.41. The number of carbonyl (C=O) groups is 1. The van der Waals surface area contributed by atoms with Crippen molar-refractivity contribution in [3.05, 3.63) is 52.7 Å². The fourth-order valence-electron chi connectivity index (χ4n) is 4.37. The number of fused-ring (bicyclic) bond motifs is 3. The Bertz CT molecular complexity index is 1080. The van der Waals surface area contributed by atoms with E-state index in [4.69, 9.17) is 0 Å². The number of rotatable bonds is 4. The van der Waals surface area contributed by atoms with Gasteiger partial charge in [-0.25, -0.2) is 4.39 Å². The molecule has 0 N–H and O–H groups in total. The van der Waals surface area contributed by atoms with Crippen molar-refractivity contribution in [2.75, 3.05) is 7.05 Å². The second-order valence-electron chi connectivity index (χ2n) is 8.02. The molecule has 0 spiro atoms. The summed E-state index contributed by atoms with van der Waals surface area (Å²) in [6, 6.07) is 8.26. The summed E-state index contributed by atoms with van der Waals surface area (Å²) in [5, 5.41) is 0. The smallest absolute Gasteiger partial charge is 0.275 e. The molecule has 1 aliphatic rings. The maximum absolute atomic E-state index is 13.9. The van der Waals surface area contributed by atoms with Gasteiger partial charge in [0.1, 0.15) is 11.3 Å². The monoisotopic (exact) mass is 383 g/mol. The highest BCUT2D eigenvalue weighted by atomic mass is 19.1. The van der Waals surface area contributed by atoms with E-state index in [0.29, 0.717) is 11.0 Å². The topological polar surface area (TPSA) is 46.7 Å². The van der Waals surface area contributed by atoms with E-state index in [1.54, 1.807) is 28.8 Å². The molecule has 1 amide bonds. The lowest BCUT2D eigenvalue weighted by Gasteiger charge is -2.33. The first kappa shape index (κ1) is 18.7. The number of amides is 1. The first-order valence-electron chi connectivity index (χ1n) is 10.0. The number of hydrogen-bond donors (Lipinski definition) is 0. The Morgan fingerprint density at radius 3 is 2.64 bits per heavy atom. The molecule has 0 radical (unpaired) electrons. The molecule has 1 aliphatic carbocycles. The molecule has 1 fully saturated rings. The van der Waals surface area contributed by atoms with Gasteiger partial charge in [-0.15, -0.1) is 0 Å². The van der Waals surface area contributed by atoms with Crippen molar-refractivity contribution in [2.45, 2.75) is 51.6 Å². The summed E-state index contributed by atoms with van der Waals surface area (Å²) in [5.41, 5.74) is 1.59. The molecule has 4 rings (SSSR count). The van der Waals surface area contributed by atoms with Crippen LogP contribution in [0, 0.1) is 11.7 Å². The zero-order valence-electron chi connectivity index (χ0n) is 16.4. The average Bonchev–Trinajstić information content (AvgIpc) is 3.18. The van der Waals surface area contributed by atoms with E-state index >= 15 is 0 Å². The van der Waals surface area contributed by atoms with Crippen LogP contribution in [0.5, 0.6) is 0 Å². The van der Waals surface area contributed by atoms with Crippen molar-refractivity contribution < 1.29 is 9.18 Å². The van der Waals surface area contributed by atoms with Crippen LogP contribution in [-0.4, -0.2) is 32.9 Å². The third-order valence-electron chi connectivity index (χ3n) is 6.18. The summed E-state index contributed by atoms with van der Waals surface area (Å²) in [7, 11) is 1.86. The predicted molar refractivity (Wildman–Crippen MR) is 108 cm³/mol. The Kier molecular flexibility index (Phi) is 4.96. The molecular weight excluding hydrogens is 357 g/mol. The molecule has 1 aromatic carbocycles. The van der Waals surface area contributed by atoms with Crippen LogP contribution in [0.1, 0.15) is 39.0 Å². The number of carbonyl (C=O) groups excluding carboxylic acids is 1. The highest BCUT2D eigenvalue weighted by Gasteiger charge is 2.24. The van der Waals surface area contributed by atoms with Crippen molar-refractivity contribution in [3.63, 3.8) is 0 Å². The van der Waals surface area contributed by atoms with E-state index in [9.17, 15) is 14.0 Å². The highest BCUT2D eigenvalue weighted by molar-refractivity contribution is 5.80. The number of benzene rings is 1.